The minimum atomic E-state index is 0.0237. The molecule has 14 heavy (non-hydrogen) atoms. The molecule has 3 atom stereocenters. The fourth-order valence-electron chi connectivity index (χ4n) is 2.41. The van der Waals surface area contributed by atoms with E-state index in [1.807, 2.05) is 0 Å². The summed E-state index contributed by atoms with van der Waals surface area (Å²) in [5, 5.41) is 0. The average Bonchev–Trinajstić information content (AvgIpc) is 2.74. The fourth-order valence-corrected chi connectivity index (χ4v) is 2.41. The first kappa shape index (κ1) is 9.75. The van der Waals surface area contributed by atoms with Gasteiger partial charge in [0.2, 0.25) is 0 Å². The van der Waals surface area contributed by atoms with Crippen LogP contribution in [-0.2, 0) is 9.53 Å². The van der Waals surface area contributed by atoms with Crippen LogP contribution in [0.15, 0.2) is 12.2 Å². The van der Waals surface area contributed by atoms with Gasteiger partial charge in [0.25, 0.3) is 0 Å². The van der Waals surface area contributed by atoms with Crippen LogP contribution >= 0.6 is 0 Å². The van der Waals surface area contributed by atoms with E-state index in [1.54, 1.807) is 0 Å². The summed E-state index contributed by atoms with van der Waals surface area (Å²) in [6, 6.07) is 0. The summed E-state index contributed by atoms with van der Waals surface area (Å²) in [6.45, 7) is 4.69. The number of hydrogen-bond acceptors (Lipinski definition) is 2. The summed E-state index contributed by atoms with van der Waals surface area (Å²) >= 11 is 0. The predicted octanol–water partition coefficient (Wildman–Crippen LogP) is 2.40. The molecule has 0 saturated heterocycles. The molecule has 2 bridgehead atoms. The van der Waals surface area contributed by atoms with Crippen molar-refractivity contribution in [1.29, 1.82) is 0 Å². The minimum Gasteiger partial charge on any atom is -0.465 e. The summed E-state index contributed by atoms with van der Waals surface area (Å²) < 4.78 is 5.27. The molecule has 0 amide bonds. The van der Waals surface area contributed by atoms with Gasteiger partial charge in [0.15, 0.2) is 0 Å². The van der Waals surface area contributed by atoms with Crippen molar-refractivity contribution >= 4 is 5.97 Å². The third kappa shape index (κ3) is 1.84. The third-order valence-corrected chi connectivity index (χ3v) is 3.14. The Morgan fingerprint density at radius 2 is 2.21 bits per heavy atom. The van der Waals surface area contributed by atoms with Crippen LogP contribution in [0.4, 0.5) is 0 Å². The molecule has 0 N–H and O–H groups in total. The van der Waals surface area contributed by atoms with Gasteiger partial charge in [0.1, 0.15) is 0 Å². The molecule has 0 spiro atoms. The maximum atomic E-state index is 11.7. The lowest BCUT2D eigenvalue weighted by Crippen LogP contribution is -2.23. The number of fused-ring (bicyclic) bond motifs is 2. The van der Waals surface area contributed by atoms with Gasteiger partial charge in [-0.1, -0.05) is 26.0 Å². The Kier molecular flexibility index (Phi) is 2.62. The van der Waals surface area contributed by atoms with Gasteiger partial charge in [-0.15, -0.1) is 0 Å². The maximum Gasteiger partial charge on any atom is 0.309 e. The van der Waals surface area contributed by atoms with Gasteiger partial charge < -0.3 is 4.74 Å². The highest BCUT2D eigenvalue weighted by Crippen LogP contribution is 2.43. The molecule has 0 heterocycles. The van der Waals surface area contributed by atoms with Crippen molar-refractivity contribution in [1.82, 2.24) is 0 Å². The largest absolute Gasteiger partial charge is 0.465 e. The Balaban J connectivity index is 1.84. The molecule has 2 aliphatic carbocycles. The van der Waals surface area contributed by atoms with E-state index in [0.717, 1.165) is 6.42 Å². The van der Waals surface area contributed by atoms with E-state index in [4.69, 9.17) is 4.74 Å². The van der Waals surface area contributed by atoms with Crippen molar-refractivity contribution < 1.29 is 9.53 Å². The van der Waals surface area contributed by atoms with Gasteiger partial charge >= 0.3 is 5.97 Å². The van der Waals surface area contributed by atoms with Gasteiger partial charge in [-0.3, -0.25) is 4.79 Å². The van der Waals surface area contributed by atoms with Crippen molar-refractivity contribution in [2.45, 2.75) is 26.7 Å². The summed E-state index contributed by atoms with van der Waals surface area (Å²) in [5.74, 6) is 1.74. The highest BCUT2D eigenvalue weighted by Gasteiger charge is 2.40. The average molecular weight is 194 g/mol. The molecule has 2 rings (SSSR count). The second-order valence-electron chi connectivity index (χ2n) is 4.91. The molecule has 2 heteroatoms. The van der Waals surface area contributed by atoms with Gasteiger partial charge in [-0.05, 0) is 30.6 Å². The zero-order valence-electron chi connectivity index (χ0n) is 8.90. The second-order valence-corrected chi connectivity index (χ2v) is 4.91. The van der Waals surface area contributed by atoms with E-state index in [2.05, 4.69) is 26.0 Å². The SMILES string of the molecule is CC(C)COC(=O)[C@H]1C[C@H]2C=C[C@@H]1C2. The van der Waals surface area contributed by atoms with Crippen LogP contribution in [0, 0.1) is 23.7 Å². The van der Waals surface area contributed by atoms with Crippen LogP contribution < -0.4 is 0 Å². The summed E-state index contributed by atoms with van der Waals surface area (Å²) in [4.78, 5) is 11.7. The molecule has 0 aromatic rings. The normalized spacial score (nSPS) is 34.1. The first-order valence-corrected chi connectivity index (χ1v) is 5.51. The maximum absolute atomic E-state index is 11.7. The quantitative estimate of drug-likeness (QED) is 0.509. The monoisotopic (exact) mass is 194 g/mol. The van der Waals surface area contributed by atoms with Crippen LogP contribution in [0.3, 0.4) is 0 Å². The van der Waals surface area contributed by atoms with E-state index in [9.17, 15) is 4.79 Å². The number of esters is 1. The molecular formula is C12H18O2. The Labute approximate surface area is 85.3 Å². The smallest absolute Gasteiger partial charge is 0.309 e. The number of rotatable bonds is 3. The van der Waals surface area contributed by atoms with Gasteiger partial charge in [-0.2, -0.15) is 0 Å². The molecule has 0 aromatic heterocycles. The molecule has 2 aliphatic rings. The van der Waals surface area contributed by atoms with E-state index >= 15 is 0 Å². The zero-order valence-corrected chi connectivity index (χ0v) is 8.90. The highest BCUT2D eigenvalue weighted by atomic mass is 16.5. The van der Waals surface area contributed by atoms with Gasteiger partial charge in [0.05, 0.1) is 12.5 Å². The standard InChI is InChI=1S/C12H18O2/c1-8(2)7-14-12(13)11-6-9-3-4-10(11)5-9/h3-4,8-11H,5-7H2,1-2H3/t9-,10+,11-/m0/s1. The summed E-state index contributed by atoms with van der Waals surface area (Å²) in [5.41, 5.74) is 0. The highest BCUT2D eigenvalue weighted by molar-refractivity contribution is 5.74. The van der Waals surface area contributed by atoms with Crippen molar-refractivity contribution in [3.05, 3.63) is 12.2 Å². The molecule has 1 saturated carbocycles. The fraction of sp³-hybridized carbons (Fsp3) is 0.750. The first-order valence-electron chi connectivity index (χ1n) is 5.51. The van der Waals surface area contributed by atoms with Crippen molar-refractivity contribution in [3.8, 4) is 0 Å². The molecule has 0 aliphatic heterocycles. The molecule has 0 radical (unpaired) electrons. The van der Waals surface area contributed by atoms with Crippen molar-refractivity contribution in [2.75, 3.05) is 6.61 Å². The lowest BCUT2D eigenvalue weighted by Gasteiger charge is -2.17. The lowest BCUT2D eigenvalue weighted by atomic mass is 9.94. The topological polar surface area (TPSA) is 26.3 Å². The number of ether oxygens (including phenoxy) is 1. The zero-order chi connectivity index (χ0) is 10.1. The minimum absolute atomic E-state index is 0.0237. The Morgan fingerprint density at radius 3 is 2.71 bits per heavy atom. The Hall–Kier alpha value is -0.790. The first-order chi connectivity index (χ1) is 6.66. The number of carbonyl (C=O) groups is 1. The number of carbonyl (C=O) groups excluding carboxylic acids is 1. The van der Waals surface area contributed by atoms with Crippen LogP contribution in [0.5, 0.6) is 0 Å². The van der Waals surface area contributed by atoms with E-state index < -0.39 is 0 Å². The van der Waals surface area contributed by atoms with E-state index in [1.165, 1.54) is 6.42 Å². The van der Waals surface area contributed by atoms with E-state index in [-0.39, 0.29) is 11.9 Å². The molecule has 78 valence electrons. The molecule has 0 aromatic carbocycles. The number of allylic oxidation sites excluding steroid dienone is 2. The van der Waals surface area contributed by atoms with Crippen molar-refractivity contribution in [2.24, 2.45) is 23.7 Å². The predicted molar refractivity (Wildman–Crippen MR) is 54.6 cm³/mol. The number of hydrogen-bond donors (Lipinski definition) is 0. The molecular weight excluding hydrogens is 176 g/mol. The summed E-state index contributed by atoms with van der Waals surface area (Å²) in [7, 11) is 0. The Morgan fingerprint density at radius 1 is 1.43 bits per heavy atom. The third-order valence-electron chi connectivity index (χ3n) is 3.14. The van der Waals surface area contributed by atoms with Crippen LogP contribution in [-0.4, -0.2) is 12.6 Å². The molecule has 1 fully saturated rings. The van der Waals surface area contributed by atoms with Gasteiger partial charge in [-0.25, -0.2) is 0 Å². The Bertz CT molecular complexity index is 255. The van der Waals surface area contributed by atoms with Gasteiger partial charge in [0, 0.05) is 0 Å². The van der Waals surface area contributed by atoms with Crippen LogP contribution in [0.25, 0.3) is 0 Å². The van der Waals surface area contributed by atoms with Crippen molar-refractivity contribution in [3.63, 3.8) is 0 Å². The second kappa shape index (κ2) is 3.76. The summed E-state index contributed by atoms with van der Waals surface area (Å²) in [6.07, 6.45) is 6.62. The van der Waals surface area contributed by atoms with Crippen LogP contribution in [0.2, 0.25) is 0 Å². The molecule has 0 unspecified atom stereocenters. The van der Waals surface area contributed by atoms with Crippen LogP contribution in [0.1, 0.15) is 26.7 Å². The molecule has 2 nitrogen and oxygen atoms in total. The van der Waals surface area contributed by atoms with E-state index in [0.29, 0.717) is 24.4 Å². The lowest BCUT2D eigenvalue weighted by molar-refractivity contribution is -0.150.